The van der Waals surface area contributed by atoms with E-state index in [1.165, 1.54) is 18.2 Å². The van der Waals surface area contributed by atoms with Gasteiger partial charge in [-0.05, 0) is 25.0 Å². The molecule has 98 valence electrons. The van der Waals surface area contributed by atoms with Crippen LogP contribution in [0.5, 0.6) is 0 Å². The Hall–Kier alpha value is -1.13. The van der Waals surface area contributed by atoms with Crippen LogP contribution in [0.3, 0.4) is 0 Å². The van der Waals surface area contributed by atoms with E-state index in [0.717, 1.165) is 19.3 Å². The summed E-state index contributed by atoms with van der Waals surface area (Å²) in [5, 5.41) is 2.70. The Morgan fingerprint density at radius 2 is 2.00 bits per heavy atom. The van der Waals surface area contributed by atoms with Crippen LogP contribution in [0.2, 0.25) is 5.02 Å². The van der Waals surface area contributed by atoms with Crippen LogP contribution in [0.25, 0.3) is 0 Å². The number of nitrogens with one attached hydrogen (secondary N) is 1. The fourth-order valence-corrected chi connectivity index (χ4v) is 2.48. The minimum Gasteiger partial charge on any atom is -0.321 e. The van der Waals surface area contributed by atoms with E-state index in [-0.39, 0.29) is 16.6 Å². The zero-order chi connectivity index (χ0) is 13.2. The second kappa shape index (κ2) is 5.24. The first-order chi connectivity index (χ1) is 8.53. The molecule has 0 saturated heterocycles. The van der Waals surface area contributed by atoms with E-state index >= 15 is 0 Å². The topological polar surface area (TPSA) is 55.1 Å². The lowest BCUT2D eigenvalue weighted by Crippen LogP contribution is -2.52. The lowest BCUT2D eigenvalue weighted by atomic mass is 9.82. The smallest absolute Gasteiger partial charge is 0.244 e. The van der Waals surface area contributed by atoms with Gasteiger partial charge in [-0.1, -0.05) is 36.9 Å². The molecule has 0 atom stereocenters. The molecular weight excluding hydrogens is 255 g/mol. The number of rotatable bonds is 2. The van der Waals surface area contributed by atoms with Crippen LogP contribution in [0, 0.1) is 5.82 Å². The number of anilines is 1. The highest BCUT2D eigenvalue weighted by atomic mass is 35.5. The molecule has 0 unspecified atom stereocenters. The van der Waals surface area contributed by atoms with Crippen molar-refractivity contribution in [3.8, 4) is 0 Å². The van der Waals surface area contributed by atoms with Gasteiger partial charge >= 0.3 is 0 Å². The monoisotopic (exact) mass is 270 g/mol. The summed E-state index contributed by atoms with van der Waals surface area (Å²) in [4.78, 5) is 12.1. The third-order valence-corrected chi connectivity index (χ3v) is 3.71. The molecule has 1 amide bonds. The van der Waals surface area contributed by atoms with Gasteiger partial charge < -0.3 is 11.1 Å². The largest absolute Gasteiger partial charge is 0.321 e. The first kappa shape index (κ1) is 13.3. The van der Waals surface area contributed by atoms with E-state index in [2.05, 4.69) is 5.32 Å². The van der Waals surface area contributed by atoms with Crippen molar-refractivity contribution in [3.63, 3.8) is 0 Å². The Morgan fingerprint density at radius 1 is 1.33 bits per heavy atom. The van der Waals surface area contributed by atoms with Crippen molar-refractivity contribution in [2.24, 2.45) is 5.73 Å². The molecule has 0 bridgehead atoms. The number of amides is 1. The van der Waals surface area contributed by atoms with E-state index in [9.17, 15) is 9.18 Å². The molecule has 18 heavy (non-hydrogen) atoms. The number of para-hydroxylation sites is 1. The van der Waals surface area contributed by atoms with E-state index in [1.807, 2.05) is 0 Å². The van der Waals surface area contributed by atoms with Gasteiger partial charge in [0.15, 0.2) is 0 Å². The van der Waals surface area contributed by atoms with Crippen molar-refractivity contribution in [1.82, 2.24) is 0 Å². The average Bonchev–Trinajstić information content (AvgIpc) is 2.34. The van der Waals surface area contributed by atoms with Crippen LogP contribution in [0.4, 0.5) is 10.1 Å². The van der Waals surface area contributed by atoms with Gasteiger partial charge in [0.2, 0.25) is 5.91 Å². The maximum atomic E-state index is 13.6. The Kier molecular flexibility index (Phi) is 3.88. The Morgan fingerprint density at radius 3 is 2.61 bits per heavy atom. The van der Waals surface area contributed by atoms with Gasteiger partial charge in [-0.3, -0.25) is 4.79 Å². The maximum absolute atomic E-state index is 13.6. The lowest BCUT2D eigenvalue weighted by Gasteiger charge is -2.31. The van der Waals surface area contributed by atoms with Crippen LogP contribution < -0.4 is 11.1 Å². The molecule has 5 heteroatoms. The van der Waals surface area contributed by atoms with Gasteiger partial charge in [-0.15, -0.1) is 0 Å². The SMILES string of the molecule is NC1(C(=O)Nc2c(F)cccc2Cl)CCCCC1. The molecule has 1 fully saturated rings. The summed E-state index contributed by atoms with van der Waals surface area (Å²) < 4.78 is 13.6. The van der Waals surface area contributed by atoms with Crippen molar-refractivity contribution in [2.45, 2.75) is 37.6 Å². The van der Waals surface area contributed by atoms with Crippen molar-refractivity contribution in [1.29, 1.82) is 0 Å². The average molecular weight is 271 g/mol. The molecule has 0 aliphatic heterocycles. The highest BCUT2D eigenvalue weighted by Crippen LogP contribution is 2.30. The fraction of sp³-hybridized carbons (Fsp3) is 0.462. The maximum Gasteiger partial charge on any atom is 0.244 e. The van der Waals surface area contributed by atoms with Crippen LogP contribution in [-0.4, -0.2) is 11.4 Å². The molecule has 3 N–H and O–H groups in total. The highest BCUT2D eigenvalue weighted by molar-refractivity contribution is 6.33. The van der Waals surface area contributed by atoms with Crippen LogP contribution in [0.1, 0.15) is 32.1 Å². The number of hydrogen-bond acceptors (Lipinski definition) is 2. The summed E-state index contributed by atoms with van der Waals surface area (Å²) in [6.07, 6.45) is 4.20. The zero-order valence-electron chi connectivity index (χ0n) is 10.0. The first-order valence-corrected chi connectivity index (χ1v) is 6.45. The molecule has 0 heterocycles. The van der Waals surface area contributed by atoms with Crippen LogP contribution >= 0.6 is 11.6 Å². The molecular formula is C13H16ClFN2O. The minimum absolute atomic E-state index is 0.0135. The fourth-order valence-electron chi connectivity index (χ4n) is 2.26. The summed E-state index contributed by atoms with van der Waals surface area (Å²) in [6, 6.07) is 4.28. The molecule has 1 saturated carbocycles. The van der Waals surface area contributed by atoms with Gasteiger partial charge in [0.1, 0.15) is 5.82 Å². The van der Waals surface area contributed by atoms with E-state index in [0.29, 0.717) is 12.8 Å². The summed E-state index contributed by atoms with van der Waals surface area (Å²) in [5.41, 5.74) is 5.19. The normalized spacial score (nSPS) is 18.4. The summed E-state index contributed by atoms with van der Waals surface area (Å²) in [6.45, 7) is 0. The van der Waals surface area contributed by atoms with Gasteiger partial charge in [-0.25, -0.2) is 4.39 Å². The van der Waals surface area contributed by atoms with Gasteiger partial charge in [-0.2, -0.15) is 0 Å². The predicted molar refractivity (Wildman–Crippen MR) is 70.0 cm³/mol. The number of carbonyl (C=O) groups excluding carboxylic acids is 1. The van der Waals surface area contributed by atoms with E-state index in [4.69, 9.17) is 17.3 Å². The molecule has 0 radical (unpaired) electrons. The second-order valence-electron chi connectivity index (χ2n) is 4.77. The molecule has 1 aromatic carbocycles. The Bertz CT molecular complexity index is 438. The summed E-state index contributed by atoms with van der Waals surface area (Å²) in [7, 11) is 0. The number of carbonyl (C=O) groups is 1. The van der Waals surface area contributed by atoms with Crippen LogP contribution in [-0.2, 0) is 4.79 Å². The van der Waals surface area contributed by atoms with E-state index < -0.39 is 11.4 Å². The molecule has 2 rings (SSSR count). The van der Waals surface area contributed by atoms with Crippen molar-refractivity contribution in [2.75, 3.05) is 5.32 Å². The van der Waals surface area contributed by atoms with Crippen molar-refractivity contribution >= 4 is 23.2 Å². The number of hydrogen-bond donors (Lipinski definition) is 2. The quantitative estimate of drug-likeness (QED) is 0.868. The third-order valence-electron chi connectivity index (χ3n) is 3.40. The van der Waals surface area contributed by atoms with E-state index in [1.54, 1.807) is 0 Å². The highest BCUT2D eigenvalue weighted by Gasteiger charge is 2.35. The molecule has 0 aromatic heterocycles. The third kappa shape index (κ3) is 2.65. The number of nitrogens with two attached hydrogens (primary N) is 1. The Labute approximate surface area is 111 Å². The van der Waals surface area contributed by atoms with Gasteiger partial charge in [0.05, 0.1) is 16.2 Å². The molecule has 1 aliphatic carbocycles. The molecule has 0 spiro atoms. The number of halogens is 2. The standard InChI is InChI=1S/C13H16ClFN2O/c14-9-5-4-6-10(15)11(9)17-12(18)13(16)7-2-1-3-8-13/h4-6H,1-3,7-8,16H2,(H,17,18). The first-order valence-electron chi connectivity index (χ1n) is 6.07. The molecule has 1 aromatic rings. The van der Waals surface area contributed by atoms with Crippen molar-refractivity contribution < 1.29 is 9.18 Å². The zero-order valence-corrected chi connectivity index (χ0v) is 10.8. The van der Waals surface area contributed by atoms with Crippen molar-refractivity contribution in [3.05, 3.63) is 29.0 Å². The second-order valence-corrected chi connectivity index (χ2v) is 5.17. The molecule has 3 nitrogen and oxygen atoms in total. The predicted octanol–water partition coefficient (Wildman–Crippen LogP) is 3.08. The lowest BCUT2D eigenvalue weighted by molar-refractivity contribution is -0.122. The van der Waals surface area contributed by atoms with Gasteiger partial charge in [0, 0.05) is 0 Å². The summed E-state index contributed by atoms with van der Waals surface area (Å²) >= 11 is 5.86. The minimum atomic E-state index is -0.899. The number of benzene rings is 1. The van der Waals surface area contributed by atoms with Gasteiger partial charge in [0.25, 0.3) is 0 Å². The summed E-state index contributed by atoms with van der Waals surface area (Å²) in [5.74, 6) is -0.899. The van der Waals surface area contributed by atoms with Crippen LogP contribution in [0.15, 0.2) is 18.2 Å². The Balaban J connectivity index is 2.16. The molecule has 1 aliphatic rings.